The van der Waals surface area contributed by atoms with Gasteiger partial charge in [-0.2, -0.15) is 0 Å². The maximum atomic E-state index is 9.73. The molecule has 2 aliphatic rings. The Hall–Kier alpha value is -0.0800. The first-order chi connectivity index (χ1) is 10.8. The van der Waals surface area contributed by atoms with Crippen LogP contribution in [0.5, 0.6) is 0 Å². The van der Waals surface area contributed by atoms with Crippen molar-refractivity contribution in [3.63, 3.8) is 0 Å². The third kappa shape index (κ3) is 12.9. The topological polar surface area (TPSA) is 40.5 Å². The van der Waals surface area contributed by atoms with Gasteiger partial charge in [-0.25, -0.2) is 0 Å². The summed E-state index contributed by atoms with van der Waals surface area (Å²) < 4.78 is 0. The molecule has 0 heterocycles. The minimum absolute atomic E-state index is 0.0196. The van der Waals surface area contributed by atoms with Crippen LogP contribution in [-0.2, 0) is 0 Å². The first-order valence-electron chi connectivity index (χ1n) is 10.2. The summed E-state index contributed by atoms with van der Waals surface area (Å²) in [5.74, 6) is 2.28. The second-order valence-corrected chi connectivity index (χ2v) is 7.52. The van der Waals surface area contributed by atoms with Crippen molar-refractivity contribution < 1.29 is 10.2 Å². The van der Waals surface area contributed by atoms with E-state index in [1.807, 2.05) is 41.5 Å². The molecule has 0 aromatic carbocycles. The quantitative estimate of drug-likeness (QED) is 0.601. The zero-order valence-electron chi connectivity index (χ0n) is 17.4. The molecule has 23 heavy (non-hydrogen) atoms. The van der Waals surface area contributed by atoms with Crippen molar-refractivity contribution >= 4 is 0 Å². The lowest BCUT2D eigenvalue weighted by molar-refractivity contribution is -0.00466. The Morgan fingerprint density at radius 2 is 0.957 bits per heavy atom. The van der Waals surface area contributed by atoms with Gasteiger partial charge in [0.15, 0.2) is 0 Å². The largest absolute Gasteiger partial charge is 0.393 e. The van der Waals surface area contributed by atoms with Gasteiger partial charge < -0.3 is 10.2 Å². The average Bonchev–Trinajstić information content (AvgIpc) is 2.54. The fourth-order valence-corrected chi connectivity index (χ4v) is 3.21. The van der Waals surface area contributed by atoms with Crippen LogP contribution in [0.1, 0.15) is 107 Å². The van der Waals surface area contributed by atoms with Gasteiger partial charge in [-0.3, -0.25) is 0 Å². The number of aliphatic hydroxyl groups excluding tert-OH is 1. The highest BCUT2D eigenvalue weighted by atomic mass is 16.3. The van der Waals surface area contributed by atoms with E-state index in [0.29, 0.717) is 5.92 Å². The van der Waals surface area contributed by atoms with Crippen LogP contribution >= 0.6 is 0 Å². The van der Waals surface area contributed by atoms with Crippen molar-refractivity contribution in [2.45, 2.75) is 118 Å². The van der Waals surface area contributed by atoms with Gasteiger partial charge in [-0.05, 0) is 70.1 Å². The smallest absolute Gasteiger partial charge is 0.0619 e. The zero-order valence-corrected chi connectivity index (χ0v) is 17.4. The SMILES string of the molecule is CC.CC.CC1CCC(C(C)(C)O)CC1.CC1CCC(O)CC1. The van der Waals surface area contributed by atoms with Crippen LogP contribution in [0, 0.1) is 17.8 Å². The molecule has 2 nitrogen and oxygen atoms in total. The normalized spacial score (nSPS) is 30.5. The van der Waals surface area contributed by atoms with Crippen molar-refractivity contribution in [2.75, 3.05) is 0 Å². The van der Waals surface area contributed by atoms with E-state index in [1.54, 1.807) is 0 Å². The molecule has 0 spiro atoms. The first-order valence-corrected chi connectivity index (χ1v) is 10.2. The summed E-state index contributed by atoms with van der Waals surface area (Å²) in [6.07, 6.45) is 9.55. The highest BCUT2D eigenvalue weighted by Gasteiger charge is 2.29. The molecule has 2 rings (SSSR count). The summed E-state index contributed by atoms with van der Waals surface area (Å²) >= 11 is 0. The van der Waals surface area contributed by atoms with Crippen LogP contribution in [0.25, 0.3) is 0 Å². The van der Waals surface area contributed by atoms with Gasteiger partial charge in [0.05, 0.1) is 11.7 Å². The van der Waals surface area contributed by atoms with Gasteiger partial charge in [-0.1, -0.05) is 54.4 Å². The lowest BCUT2D eigenvalue weighted by atomic mass is 9.75. The van der Waals surface area contributed by atoms with Crippen LogP contribution in [0.4, 0.5) is 0 Å². The number of rotatable bonds is 1. The van der Waals surface area contributed by atoms with E-state index < -0.39 is 5.60 Å². The Morgan fingerprint density at radius 3 is 1.22 bits per heavy atom. The number of hydrogen-bond donors (Lipinski definition) is 2. The van der Waals surface area contributed by atoms with Gasteiger partial charge in [0, 0.05) is 0 Å². The van der Waals surface area contributed by atoms with Gasteiger partial charge >= 0.3 is 0 Å². The molecule has 0 aliphatic heterocycles. The van der Waals surface area contributed by atoms with Gasteiger partial charge in [-0.15, -0.1) is 0 Å². The van der Waals surface area contributed by atoms with Crippen LogP contribution in [0.15, 0.2) is 0 Å². The predicted molar refractivity (Wildman–Crippen MR) is 104 cm³/mol. The maximum Gasteiger partial charge on any atom is 0.0619 e. The average molecular weight is 331 g/mol. The Balaban J connectivity index is 0. The lowest BCUT2D eigenvalue weighted by Crippen LogP contribution is -2.33. The highest BCUT2D eigenvalue weighted by Crippen LogP contribution is 2.34. The molecular weight excluding hydrogens is 284 g/mol. The summed E-state index contributed by atoms with van der Waals surface area (Å²) in [5.41, 5.74) is -0.444. The third-order valence-corrected chi connectivity index (χ3v) is 5.00. The Bertz CT molecular complexity index is 219. The Labute approximate surface area is 147 Å². The van der Waals surface area contributed by atoms with E-state index >= 15 is 0 Å². The Kier molecular flexibility index (Phi) is 15.6. The highest BCUT2D eigenvalue weighted by molar-refractivity contribution is 4.81. The first kappa shape index (κ1) is 25.2. The molecule has 0 amide bonds. The minimum Gasteiger partial charge on any atom is -0.393 e. The Morgan fingerprint density at radius 1 is 0.652 bits per heavy atom. The maximum absolute atomic E-state index is 9.73. The summed E-state index contributed by atoms with van der Waals surface area (Å²) in [7, 11) is 0. The predicted octanol–water partition coefficient (Wildman–Crippen LogP) is 6.19. The van der Waals surface area contributed by atoms with Crippen molar-refractivity contribution in [3.8, 4) is 0 Å². The van der Waals surface area contributed by atoms with Gasteiger partial charge in [0.25, 0.3) is 0 Å². The van der Waals surface area contributed by atoms with Crippen LogP contribution < -0.4 is 0 Å². The van der Waals surface area contributed by atoms with E-state index in [0.717, 1.165) is 24.7 Å². The zero-order chi connectivity index (χ0) is 18.5. The van der Waals surface area contributed by atoms with Crippen molar-refractivity contribution in [3.05, 3.63) is 0 Å². The van der Waals surface area contributed by atoms with Gasteiger partial charge in [0.2, 0.25) is 0 Å². The van der Waals surface area contributed by atoms with Crippen molar-refractivity contribution in [2.24, 2.45) is 17.8 Å². The van der Waals surface area contributed by atoms with E-state index in [-0.39, 0.29) is 6.10 Å². The van der Waals surface area contributed by atoms with E-state index in [1.165, 1.54) is 38.5 Å². The minimum atomic E-state index is -0.444. The molecule has 0 radical (unpaired) electrons. The standard InChI is InChI=1S/C10H20O.C7H14O.2C2H6/c1-8-4-6-9(7-5-8)10(2,3)11;1-6-2-4-7(8)5-3-6;2*1-2/h8-9,11H,4-7H2,1-3H3;6-8H,2-5H2,1H3;2*1-2H3. The third-order valence-electron chi connectivity index (χ3n) is 5.00. The molecular formula is C21H46O2. The molecule has 0 unspecified atom stereocenters. The van der Waals surface area contributed by atoms with Crippen LogP contribution in [0.3, 0.4) is 0 Å². The van der Waals surface area contributed by atoms with E-state index in [4.69, 9.17) is 5.11 Å². The van der Waals surface area contributed by atoms with Crippen LogP contribution in [0.2, 0.25) is 0 Å². The lowest BCUT2D eigenvalue weighted by Gasteiger charge is -2.34. The second kappa shape index (κ2) is 14.3. The van der Waals surface area contributed by atoms with E-state index in [9.17, 15) is 5.11 Å². The molecule has 2 aliphatic carbocycles. The van der Waals surface area contributed by atoms with Crippen LogP contribution in [-0.4, -0.2) is 21.9 Å². The fraction of sp³-hybridized carbons (Fsp3) is 1.00. The monoisotopic (exact) mass is 330 g/mol. The fourth-order valence-electron chi connectivity index (χ4n) is 3.21. The van der Waals surface area contributed by atoms with Crippen molar-refractivity contribution in [1.29, 1.82) is 0 Å². The summed E-state index contributed by atoms with van der Waals surface area (Å²) in [4.78, 5) is 0. The molecule has 0 bridgehead atoms. The molecule has 142 valence electrons. The molecule has 0 atom stereocenters. The second-order valence-electron chi connectivity index (χ2n) is 7.52. The van der Waals surface area contributed by atoms with E-state index in [2.05, 4.69) is 13.8 Å². The summed E-state index contributed by atoms with van der Waals surface area (Å²) in [5, 5.41) is 18.8. The van der Waals surface area contributed by atoms with Crippen molar-refractivity contribution in [1.82, 2.24) is 0 Å². The molecule has 0 saturated heterocycles. The van der Waals surface area contributed by atoms with Gasteiger partial charge in [0.1, 0.15) is 0 Å². The molecule has 2 heteroatoms. The molecule has 0 aromatic heterocycles. The molecule has 2 N–H and O–H groups in total. The molecule has 2 saturated carbocycles. The summed E-state index contributed by atoms with van der Waals surface area (Å²) in [6, 6.07) is 0. The number of hydrogen-bond acceptors (Lipinski definition) is 2. The summed E-state index contributed by atoms with van der Waals surface area (Å²) in [6.45, 7) is 16.4. The molecule has 0 aromatic rings. The molecule has 2 fully saturated rings. The number of aliphatic hydroxyl groups is 2.